The average Bonchev–Trinajstić information content (AvgIpc) is 2.44. The van der Waals surface area contributed by atoms with E-state index in [0.29, 0.717) is 11.7 Å². The molecule has 20 heavy (non-hydrogen) atoms. The largest absolute Gasteiger partial charge is 0.508 e. The van der Waals surface area contributed by atoms with Crippen LogP contribution in [0.15, 0.2) is 18.2 Å². The lowest BCUT2D eigenvalue weighted by molar-refractivity contribution is 0.195. The van der Waals surface area contributed by atoms with Gasteiger partial charge in [-0.1, -0.05) is 19.9 Å². The molecule has 2 atom stereocenters. The van der Waals surface area contributed by atoms with Crippen molar-refractivity contribution < 1.29 is 9.84 Å². The minimum absolute atomic E-state index is 0.145. The van der Waals surface area contributed by atoms with Crippen molar-refractivity contribution in [1.29, 1.82) is 0 Å². The lowest BCUT2D eigenvalue weighted by atomic mass is 9.63. The molecule has 2 N–H and O–H groups in total. The number of aromatic hydroxyl groups is 1. The molecule has 0 saturated carbocycles. The Hall–Kier alpha value is -1.06. The fourth-order valence-corrected chi connectivity index (χ4v) is 3.30. The lowest BCUT2D eigenvalue weighted by Gasteiger charge is -2.42. The zero-order chi connectivity index (χ0) is 14.6. The van der Waals surface area contributed by atoms with Crippen LogP contribution in [-0.4, -0.2) is 31.9 Å². The highest BCUT2D eigenvalue weighted by molar-refractivity contribution is 5.42. The van der Waals surface area contributed by atoms with Crippen molar-refractivity contribution in [2.75, 3.05) is 26.8 Å². The Bertz CT molecular complexity index is 447. The first-order valence-corrected chi connectivity index (χ1v) is 7.60. The number of ether oxygens (including phenoxy) is 1. The second-order valence-corrected chi connectivity index (χ2v) is 6.19. The van der Waals surface area contributed by atoms with E-state index in [4.69, 9.17) is 4.74 Å². The summed E-state index contributed by atoms with van der Waals surface area (Å²) < 4.78 is 5.06. The second-order valence-electron chi connectivity index (χ2n) is 6.19. The van der Waals surface area contributed by atoms with Crippen LogP contribution in [-0.2, 0) is 16.6 Å². The fourth-order valence-electron chi connectivity index (χ4n) is 3.30. The second kappa shape index (κ2) is 6.59. The average molecular weight is 277 g/mol. The van der Waals surface area contributed by atoms with Crippen molar-refractivity contribution in [3.63, 3.8) is 0 Å². The Morgan fingerprint density at radius 3 is 2.95 bits per heavy atom. The maximum atomic E-state index is 9.82. The maximum Gasteiger partial charge on any atom is 0.115 e. The Kier molecular flexibility index (Phi) is 5.06. The summed E-state index contributed by atoms with van der Waals surface area (Å²) in [6.45, 7) is 7.31. The number of phenolic OH excluding ortho intramolecular Hbond substituents is 1. The first kappa shape index (κ1) is 15.3. The molecule has 0 saturated heterocycles. The Morgan fingerprint density at radius 1 is 1.40 bits per heavy atom. The summed E-state index contributed by atoms with van der Waals surface area (Å²) in [5.74, 6) is 1.03. The number of fused-ring (bicyclic) bond motifs is 1. The van der Waals surface area contributed by atoms with Crippen LogP contribution < -0.4 is 5.32 Å². The van der Waals surface area contributed by atoms with Gasteiger partial charge in [-0.15, -0.1) is 0 Å². The summed E-state index contributed by atoms with van der Waals surface area (Å²) >= 11 is 0. The van der Waals surface area contributed by atoms with Gasteiger partial charge >= 0.3 is 0 Å². The predicted octanol–water partition coefficient (Wildman–Crippen LogP) is 2.86. The van der Waals surface area contributed by atoms with E-state index >= 15 is 0 Å². The van der Waals surface area contributed by atoms with Gasteiger partial charge < -0.3 is 15.2 Å². The summed E-state index contributed by atoms with van der Waals surface area (Å²) in [6, 6.07) is 5.87. The molecule has 2 rings (SSSR count). The molecule has 1 aliphatic carbocycles. The third-order valence-corrected chi connectivity index (χ3v) is 4.95. The highest BCUT2D eigenvalue weighted by Gasteiger charge is 2.37. The van der Waals surface area contributed by atoms with Crippen LogP contribution >= 0.6 is 0 Å². The molecule has 0 aliphatic heterocycles. The number of rotatable bonds is 6. The highest BCUT2D eigenvalue weighted by atomic mass is 16.5. The first-order valence-electron chi connectivity index (χ1n) is 7.60. The molecule has 1 unspecified atom stereocenters. The number of aryl methyl sites for hydroxylation is 1. The van der Waals surface area contributed by atoms with Gasteiger partial charge in [0.15, 0.2) is 0 Å². The molecule has 0 bridgehead atoms. The van der Waals surface area contributed by atoms with Crippen LogP contribution in [0.25, 0.3) is 0 Å². The van der Waals surface area contributed by atoms with E-state index in [0.717, 1.165) is 32.5 Å². The topological polar surface area (TPSA) is 41.5 Å². The molecule has 0 heterocycles. The number of phenols is 1. The Morgan fingerprint density at radius 2 is 2.20 bits per heavy atom. The summed E-state index contributed by atoms with van der Waals surface area (Å²) in [7, 11) is 1.73. The van der Waals surface area contributed by atoms with E-state index in [1.807, 2.05) is 12.1 Å². The molecule has 0 radical (unpaired) electrons. The van der Waals surface area contributed by atoms with Gasteiger partial charge in [-0.05, 0) is 60.4 Å². The number of nitrogens with one attached hydrogen (secondary N) is 1. The molecule has 3 heteroatoms. The fraction of sp³-hybridized carbons (Fsp3) is 0.647. The molecule has 1 aliphatic rings. The van der Waals surface area contributed by atoms with Crippen LogP contribution in [0, 0.1) is 5.92 Å². The molecular formula is C17H27NO2. The Balaban J connectivity index is 2.10. The summed E-state index contributed by atoms with van der Waals surface area (Å²) in [5, 5.41) is 13.3. The SMILES string of the molecule is COCCNCC[C@@]1(C)c2cc(O)ccc2CCC1C. The van der Waals surface area contributed by atoms with Crippen molar-refractivity contribution in [3.05, 3.63) is 29.3 Å². The lowest BCUT2D eigenvalue weighted by Crippen LogP contribution is -2.38. The number of methoxy groups -OCH3 is 1. The van der Waals surface area contributed by atoms with Crippen molar-refractivity contribution >= 4 is 0 Å². The number of benzene rings is 1. The molecular weight excluding hydrogens is 250 g/mol. The van der Waals surface area contributed by atoms with Gasteiger partial charge in [0.2, 0.25) is 0 Å². The standard InChI is InChI=1S/C17H27NO2/c1-13-4-5-14-6-7-15(19)12-16(14)17(13,2)8-9-18-10-11-20-3/h6-7,12-13,18-19H,4-5,8-11H2,1-3H3/t13?,17-/m1/s1. The molecule has 0 spiro atoms. The van der Waals surface area contributed by atoms with E-state index in [1.54, 1.807) is 7.11 Å². The third-order valence-electron chi connectivity index (χ3n) is 4.95. The van der Waals surface area contributed by atoms with Crippen LogP contribution in [0.1, 0.15) is 37.8 Å². The molecule has 0 aromatic heterocycles. The quantitative estimate of drug-likeness (QED) is 0.786. The molecule has 112 valence electrons. The third kappa shape index (κ3) is 3.15. The van der Waals surface area contributed by atoms with Crippen LogP contribution in [0.4, 0.5) is 0 Å². The van der Waals surface area contributed by atoms with Crippen LogP contribution in [0.2, 0.25) is 0 Å². The maximum absolute atomic E-state index is 9.82. The van der Waals surface area contributed by atoms with Crippen molar-refractivity contribution in [3.8, 4) is 5.75 Å². The normalized spacial score (nSPS) is 25.4. The van der Waals surface area contributed by atoms with E-state index in [2.05, 4.69) is 25.2 Å². The van der Waals surface area contributed by atoms with Gasteiger partial charge in [-0.25, -0.2) is 0 Å². The van der Waals surface area contributed by atoms with Crippen molar-refractivity contribution in [2.24, 2.45) is 5.92 Å². The monoisotopic (exact) mass is 277 g/mol. The van der Waals surface area contributed by atoms with E-state index < -0.39 is 0 Å². The van der Waals surface area contributed by atoms with Gasteiger partial charge in [0.05, 0.1) is 6.61 Å². The highest BCUT2D eigenvalue weighted by Crippen LogP contribution is 2.44. The van der Waals surface area contributed by atoms with Gasteiger partial charge in [0.25, 0.3) is 0 Å². The van der Waals surface area contributed by atoms with Crippen LogP contribution in [0.5, 0.6) is 5.75 Å². The summed E-state index contributed by atoms with van der Waals surface area (Å²) in [6.07, 6.45) is 3.45. The van der Waals surface area contributed by atoms with E-state index in [9.17, 15) is 5.11 Å². The zero-order valence-corrected chi connectivity index (χ0v) is 12.9. The van der Waals surface area contributed by atoms with E-state index in [1.165, 1.54) is 17.5 Å². The Labute approximate surface area is 122 Å². The van der Waals surface area contributed by atoms with Crippen LogP contribution in [0.3, 0.4) is 0 Å². The smallest absolute Gasteiger partial charge is 0.115 e. The molecule has 3 nitrogen and oxygen atoms in total. The molecule has 1 aromatic carbocycles. The van der Waals surface area contributed by atoms with E-state index in [-0.39, 0.29) is 5.41 Å². The van der Waals surface area contributed by atoms with Gasteiger partial charge in [0, 0.05) is 13.7 Å². The first-order chi connectivity index (χ1) is 9.58. The van der Waals surface area contributed by atoms with Crippen molar-refractivity contribution in [1.82, 2.24) is 5.32 Å². The summed E-state index contributed by atoms with van der Waals surface area (Å²) in [5.41, 5.74) is 2.89. The summed E-state index contributed by atoms with van der Waals surface area (Å²) in [4.78, 5) is 0. The predicted molar refractivity (Wildman–Crippen MR) is 82.3 cm³/mol. The molecule has 1 aromatic rings. The van der Waals surface area contributed by atoms with Crippen molar-refractivity contribution in [2.45, 2.75) is 38.5 Å². The zero-order valence-electron chi connectivity index (χ0n) is 12.9. The van der Waals surface area contributed by atoms with Gasteiger partial charge in [-0.2, -0.15) is 0 Å². The number of hydrogen-bond donors (Lipinski definition) is 2. The number of hydrogen-bond acceptors (Lipinski definition) is 3. The minimum Gasteiger partial charge on any atom is -0.508 e. The minimum atomic E-state index is 0.145. The molecule has 0 fully saturated rings. The molecule has 0 amide bonds. The van der Waals surface area contributed by atoms with Gasteiger partial charge in [0.1, 0.15) is 5.75 Å². The van der Waals surface area contributed by atoms with Gasteiger partial charge in [-0.3, -0.25) is 0 Å².